The number of aliphatic hydroxyl groups is 1. The zero-order valence-electron chi connectivity index (χ0n) is 9.44. The second kappa shape index (κ2) is 5.22. The van der Waals surface area contributed by atoms with E-state index >= 15 is 0 Å². The first-order valence-corrected chi connectivity index (χ1v) is 5.41. The molecule has 7 heteroatoms. The van der Waals surface area contributed by atoms with Gasteiger partial charge in [-0.3, -0.25) is 4.79 Å². The van der Waals surface area contributed by atoms with Gasteiger partial charge in [0, 0.05) is 19.6 Å². The molecule has 100 valence electrons. The molecule has 1 aliphatic rings. The summed E-state index contributed by atoms with van der Waals surface area (Å²) in [5, 5.41) is 18.0. The van der Waals surface area contributed by atoms with Crippen molar-refractivity contribution >= 4 is 5.97 Å². The lowest BCUT2D eigenvalue weighted by atomic mass is 9.95. The molecule has 1 rings (SSSR count). The molecule has 1 aliphatic heterocycles. The summed E-state index contributed by atoms with van der Waals surface area (Å²) in [6.45, 7) is 1.78. The Morgan fingerprint density at radius 2 is 2.12 bits per heavy atom. The number of hydrogen-bond acceptors (Lipinski definition) is 3. The highest BCUT2D eigenvalue weighted by atomic mass is 19.4. The number of carboxylic acids is 1. The van der Waals surface area contributed by atoms with Gasteiger partial charge in [0.05, 0.1) is 6.10 Å². The lowest BCUT2D eigenvalue weighted by molar-refractivity contribution is -0.197. The first-order valence-electron chi connectivity index (χ1n) is 5.41. The second-order valence-corrected chi connectivity index (χ2v) is 4.53. The van der Waals surface area contributed by atoms with Gasteiger partial charge in [0.15, 0.2) is 5.92 Å². The van der Waals surface area contributed by atoms with Crippen LogP contribution in [0.5, 0.6) is 0 Å². The summed E-state index contributed by atoms with van der Waals surface area (Å²) in [6.07, 6.45) is -4.86. The summed E-state index contributed by atoms with van der Waals surface area (Å²) >= 11 is 0. The predicted octanol–water partition coefficient (Wildman–Crippen LogP) is 0.952. The molecule has 0 radical (unpaired) electrons. The molecule has 1 fully saturated rings. The number of hydrogen-bond donors (Lipinski definition) is 2. The minimum Gasteiger partial charge on any atom is -0.481 e. The van der Waals surface area contributed by atoms with E-state index in [2.05, 4.69) is 0 Å². The minimum absolute atomic E-state index is 0.133. The Bertz CT molecular complexity index is 282. The largest absolute Gasteiger partial charge is 0.481 e. The summed E-state index contributed by atoms with van der Waals surface area (Å²) in [6, 6.07) is 0. The molecule has 1 heterocycles. The number of piperidine rings is 1. The van der Waals surface area contributed by atoms with Crippen LogP contribution < -0.4 is 0 Å². The fourth-order valence-corrected chi connectivity index (χ4v) is 1.97. The molecule has 0 bridgehead atoms. The van der Waals surface area contributed by atoms with Crippen LogP contribution >= 0.6 is 0 Å². The van der Waals surface area contributed by atoms with Gasteiger partial charge < -0.3 is 15.1 Å². The Morgan fingerprint density at radius 3 is 2.53 bits per heavy atom. The first-order chi connectivity index (χ1) is 7.71. The van der Waals surface area contributed by atoms with E-state index in [1.54, 1.807) is 6.92 Å². The van der Waals surface area contributed by atoms with Gasteiger partial charge in [-0.2, -0.15) is 13.2 Å². The Hall–Kier alpha value is -0.820. The van der Waals surface area contributed by atoms with Crippen LogP contribution in [0, 0.1) is 11.8 Å². The SMILES string of the molecule is CC1CN(CC(C(=O)O)C(F)(F)F)CCC1O. The molecule has 0 aliphatic carbocycles. The zero-order chi connectivity index (χ0) is 13.2. The highest BCUT2D eigenvalue weighted by Gasteiger charge is 2.46. The highest BCUT2D eigenvalue weighted by Crippen LogP contribution is 2.28. The topological polar surface area (TPSA) is 60.8 Å². The van der Waals surface area contributed by atoms with Gasteiger partial charge in [-0.25, -0.2) is 0 Å². The third kappa shape index (κ3) is 3.85. The molecule has 0 saturated carbocycles. The standard InChI is InChI=1S/C10H16F3NO3/c1-6-4-14(3-2-8(6)15)5-7(9(16)17)10(11,12)13/h6-8,15H,2-5H2,1H3,(H,16,17). The van der Waals surface area contributed by atoms with Gasteiger partial charge >= 0.3 is 12.1 Å². The van der Waals surface area contributed by atoms with Gasteiger partial charge in [0.2, 0.25) is 0 Å². The summed E-state index contributed by atoms with van der Waals surface area (Å²) in [5.74, 6) is -4.34. The molecular weight excluding hydrogens is 239 g/mol. The number of nitrogens with zero attached hydrogens (tertiary/aromatic N) is 1. The van der Waals surface area contributed by atoms with E-state index in [1.807, 2.05) is 0 Å². The summed E-state index contributed by atoms with van der Waals surface area (Å²) in [4.78, 5) is 12.0. The Balaban J connectivity index is 2.60. The fourth-order valence-electron chi connectivity index (χ4n) is 1.97. The third-order valence-corrected chi connectivity index (χ3v) is 3.08. The van der Waals surface area contributed by atoms with Crippen LogP contribution in [-0.2, 0) is 4.79 Å². The van der Waals surface area contributed by atoms with Crippen molar-refractivity contribution in [2.45, 2.75) is 25.6 Å². The van der Waals surface area contributed by atoms with Gasteiger partial charge in [0.25, 0.3) is 0 Å². The van der Waals surface area contributed by atoms with Crippen LogP contribution in [0.4, 0.5) is 13.2 Å². The van der Waals surface area contributed by atoms with E-state index in [-0.39, 0.29) is 5.92 Å². The number of carboxylic acid groups (broad SMARTS) is 1. The predicted molar refractivity (Wildman–Crippen MR) is 53.4 cm³/mol. The molecule has 3 atom stereocenters. The molecule has 4 nitrogen and oxygen atoms in total. The van der Waals surface area contributed by atoms with E-state index in [4.69, 9.17) is 5.11 Å². The summed E-state index contributed by atoms with van der Waals surface area (Å²) in [5.41, 5.74) is 0. The maximum Gasteiger partial charge on any atom is 0.403 e. The van der Waals surface area contributed by atoms with Crippen molar-refractivity contribution in [3.63, 3.8) is 0 Å². The molecule has 3 unspecified atom stereocenters. The quantitative estimate of drug-likeness (QED) is 0.788. The van der Waals surface area contributed by atoms with Crippen molar-refractivity contribution < 1.29 is 28.2 Å². The van der Waals surface area contributed by atoms with Crippen LogP contribution in [0.3, 0.4) is 0 Å². The van der Waals surface area contributed by atoms with E-state index in [1.165, 1.54) is 4.90 Å². The molecular formula is C10H16F3NO3. The van der Waals surface area contributed by atoms with Crippen LogP contribution in [0.15, 0.2) is 0 Å². The summed E-state index contributed by atoms with van der Waals surface area (Å²) < 4.78 is 37.3. The Labute approximate surface area is 97.0 Å². The van der Waals surface area contributed by atoms with Gasteiger partial charge in [-0.1, -0.05) is 6.92 Å². The normalized spacial score (nSPS) is 29.0. The van der Waals surface area contributed by atoms with Gasteiger partial charge in [-0.05, 0) is 12.3 Å². The molecule has 2 N–H and O–H groups in total. The van der Waals surface area contributed by atoms with E-state index in [0.717, 1.165) is 0 Å². The number of aliphatic hydroxyl groups excluding tert-OH is 1. The molecule has 0 spiro atoms. The molecule has 0 amide bonds. The smallest absolute Gasteiger partial charge is 0.403 e. The average Bonchev–Trinajstić information content (AvgIpc) is 2.17. The van der Waals surface area contributed by atoms with Crippen LogP contribution in [0.25, 0.3) is 0 Å². The zero-order valence-corrected chi connectivity index (χ0v) is 9.44. The van der Waals surface area contributed by atoms with Gasteiger partial charge in [-0.15, -0.1) is 0 Å². The molecule has 0 aromatic carbocycles. The average molecular weight is 255 g/mol. The van der Waals surface area contributed by atoms with Crippen molar-refractivity contribution in [2.24, 2.45) is 11.8 Å². The van der Waals surface area contributed by atoms with Crippen molar-refractivity contribution in [1.29, 1.82) is 0 Å². The third-order valence-electron chi connectivity index (χ3n) is 3.08. The number of halogens is 3. The van der Waals surface area contributed by atoms with Crippen LogP contribution in [0.2, 0.25) is 0 Å². The first kappa shape index (κ1) is 14.2. The van der Waals surface area contributed by atoms with Crippen molar-refractivity contribution in [3.05, 3.63) is 0 Å². The van der Waals surface area contributed by atoms with E-state index in [9.17, 15) is 23.1 Å². The van der Waals surface area contributed by atoms with Crippen molar-refractivity contribution in [3.8, 4) is 0 Å². The monoisotopic (exact) mass is 255 g/mol. The Morgan fingerprint density at radius 1 is 1.53 bits per heavy atom. The number of alkyl halides is 3. The van der Waals surface area contributed by atoms with E-state index in [0.29, 0.717) is 19.5 Å². The second-order valence-electron chi connectivity index (χ2n) is 4.53. The maximum absolute atomic E-state index is 12.4. The maximum atomic E-state index is 12.4. The van der Waals surface area contributed by atoms with Crippen molar-refractivity contribution in [1.82, 2.24) is 4.90 Å². The highest BCUT2D eigenvalue weighted by molar-refractivity contribution is 5.71. The number of aliphatic carboxylic acids is 1. The molecule has 0 aromatic rings. The lowest BCUT2D eigenvalue weighted by Crippen LogP contribution is -2.47. The van der Waals surface area contributed by atoms with Crippen molar-refractivity contribution in [2.75, 3.05) is 19.6 Å². The fraction of sp³-hybridized carbons (Fsp3) is 0.900. The van der Waals surface area contributed by atoms with E-state index < -0.39 is 30.7 Å². The molecule has 0 aromatic heterocycles. The van der Waals surface area contributed by atoms with Crippen LogP contribution in [-0.4, -0.2) is 53.0 Å². The summed E-state index contributed by atoms with van der Waals surface area (Å²) in [7, 11) is 0. The van der Waals surface area contributed by atoms with Gasteiger partial charge in [0.1, 0.15) is 0 Å². The van der Waals surface area contributed by atoms with Crippen LogP contribution in [0.1, 0.15) is 13.3 Å². The number of carbonyl (C=O) groups is 1. The lowest BCUT2D eigenvalue weighted by Gasteiger charge is -2.35. The number of likely N-dealkylation sites (tertiary alicyclic amines) is 1. The number of rotatable bonds is 3. The minimum atomic E-state index is -4.73. The molecule has 1 saturated heterocycles. The molecule has 17 heavy (non-hydrogen) atoms. The Kier molecular flexibility index (Phi) is 4.37.